The summed E-state index contributed by atoms with van der Waals surface area (Å²) in [7, 11) is 0. The van der Waals surface area contributed by atoms with Crippen LogP contribution in [-0.2, 0) is 11.2 Å². The average Bonchev–Trinajstić information content (AvgIpc) is 2.75. The molecule has 1 heterocycles. The Morgan fingerprint density at radius 1 is 1.53 bits per heavy atom. The number of aryl methyl sites for hydroxylation is 1. The van der Waals surface area contributed by atoms with Crippen molar-refractivity contribution < 1.29 is 19.1 Å². The van der Waals surface area contributed by atoms with Gasteiger partial charge in [0, 0.05) is 13.0 Å². The Balaban J connectivity index is 2.82. The van der Waals surface area contributed by atoms with Crippen LogP contribution in [0.15, 0.2) is 29.2 Å². The van der Waals surface area contributed by atoms with Gasteiger partial charge in [0.2, 0.25) is 0 Å². The number of carbonyl (C=O) groups excluding carboxylic acids is 1. The van der Waals surface area contributed by atoms with Crippen LogP contribution in [0.4, 0.5) is 0 Å². The van der Waals surface area contributed by atoms with E-state index in [9.17, 15) is 9.59 Å². The van der Waals surface area contributed by atoms with E-state index in [2.05, 4.69) is 6.58 Å². The minimum Gasteiger partial charge on any atom is -0.480 e. The maximum Gasteiger partial charge on any atom is 0.323 e. The fraction of sp³-hybridized carbons (Fsp3) is 0.333. The van der Waals surface area contributed by atoms with Crippen LogP contribution in [0.5, 0.6) is 0 Å². The molecule has 1 amide bonds. The highest BCUT2D eigenvalue weighted by molar-refractivity contribution is 5.93. The summed E-state index contributed by atoms with van der Waals surface area (Å²) in [6.07, 6.45) is 2.16. The summed E-state index contributed by atoms with van der Waals surface area (Å²) in [4.78, 5) is 23.7. The molecular weight excluding hydrogens is 222 g/mol. The number of carboxylic acids is 1. The third-order valence-corrected chi connectivity index (χ3v) is 2.18. The lowest BCUT2D eigenvalue weighted by molar-refractivity contribution is -0.137. The molecule has 5 heteroatoms. The lowest BCUT2D eigenvalue weighted by Gasteiger charge is -2.17. The highest BCUT2D eigenvalue weighted by Gasteiger charge is 2.20. The van der Waals surface area contributed by atoms with E-state index in [-0.39, 0.29) is 18.8 Å². The second-order valence-electron chi connectivity index (χ2n) is 3.49. The lowest BCUT2D eigenvalue weighted by Crippen LogP contribution is -2.35. The van der Waals surface area contributed by atoms with Crippen molar-refractivity contribution in [3.63, 3.8) is 0 Å². The molecule has 0 unspecified atom stereocenters. The molecule has 1 rings (SSSR count). The summed E-state index contributed by atoms with van der Waals surface area (Å²) >= 11 is 0. The van der Waals surface area contributed by atoms with E-state index in [1.807, 2.05) is 6.92 Å². The van der Waals surface area contributed by atoms with Gasteiger partial charge in [0.05, 0.1) is 0 Å². The molecule has 0 bridgehead atoms. The first-order valence-electron chi connectivity index (χ1n) is 5.29. The number of carboxylic acid groups (broad SMARTS) is 1. The second kappa shape index (κ2) is 5.89. The molecule has 0 saturated carbocycles. The quantitative estimate of drug-likeness (QED) is 0.762. The summed E-state index contributed by atoms with van der Waals surface area (Å²) in [6.45, 7) is 5.20. The summed E-state index contributed by atoms with van der Waals surface area (Å²) in [5.41, 5.74) is 0. The largest absolute Gasteiger partial charge is 0.480 e. The Bertz CT molecular complexity index is 422. The molecule has 0 aliphatic rings. The molecule has 0 aromatic carbocycles. The number of hydrogen-bond donors (Lipinski definition) is 1. The summed E-state index contributed by atoms with van der Waals surface area (Å²) < 4.78 is 5.29. The van der Waals surface area contributed by atoms with E-state index in [0.717, 1.165) is 4.90 Å². The number of aliphatic carboxylic acids is 1. The van der Waals surface area contributed by atoms with Gasteiger partial charge in [-0.2, -0.15) is 0 Å². The van der Waals surface area contributed by atoms with Crippen LogP contribution in [-0.4, -0.2) is 35.0 Å². The second-order valence-corrected chi connectivity index (χ2v) is 3.49. The molecule has 0 spiro atoms. The Morgan fingerprint density at radius 2 is 2.24 bits per heavy atom. The van der Waals surface area contributed by atoms with Crippen molar-refractivity contribution >= 4 is 11.9 Å². The zero-order valence-corrected chi connectivity index (χ0v) is 9.68. The van der Waals surface area contributed by atoms with Gasteiger partial charge in [0.15, 0.2) is 5.76 Å². The first-order valence-corrected chi connectivity index (χ1v) is 5.29. The first kappa shape index (κ1) is 13.0. The minimum absolute atomic E-state index is 0.157. The van der Waals surface area contributed by atoms with Crippen LogP contribution in [0.25, 0.3) is 0 Å². The standard InChI is InChI=1S/C12H15NO4/c1-3-7-13(8-11(14)15)12(16)10-6-5-9(4-2)17-10/h3,5-6H,1,4,7-8H2,2H3,(H,14,15). The molecule has 0 aliphatic heterocycles. The zero-order valence-electron chi connectivity index (χ0n) is 9.68. The minimum atomic E-state index is -1.07. The third-order valence-electron chi connectivity index (χ3n) is 2.18. The first-order chi connectivity index (χ1) is 8.08. The van der Waals surface area contributed by atoms with Crippen molar-refractivity contribution in [1.29, 1.82) is 0 Å². The normalized spacial score (nSPS) is 9.94. The van der Waals surface area contributed by atoms with Gasteiger partial charge in [-0.25, -0.2) is 0 Å². The lowest BCUT2D eigenvalue weighted by atomic mass is 10.3. The van der Waals surface area contributed by atoms with Crippen molar-refractivity contribution in [1.82, 2.24) is 4.90 Å². The molecule has 1 N–H and O–H groups in total. The molecular formula is C12H15NO4. The van der Waals surface area contributed by atoms with Crippen LogP contribution >= 0.6 is 0 Å². The van der Waals surface area contributed by atoms with Gasteiger partial charge in [-0.05, 0) is 12.1 Å². The third kappa shape index (κ3) is 3.48. The van der Waals surface area contributed by atoms with Crippen molar-refractivity contribution in [2.75, 3.05) is 13.1 Å². The van der Waals surface area contributed by atoms with Crippen molar-refractivity contribution in [3.8, 4) is 0 Å². The maximum atomic E-state index is 11.9. The van der Waals surface area contributed by atoms with Crippen LogP contribution in [0.3, 0.4) is 0 Å². The Labute approximate surface area is 99.3 Å². The zero-order chi connectivity index (χ0) is 12.8. The molecule has 0 atom stereocenters. The Hall–Kier alpha value is -2.04. The number of rotatable bonds is 6. The molecule has 92 valence electrons. The van der Waals surface area contributed by atoms with Crippen LogP contribution in [0, 0.1) is 0 Å². The van der Waals surface area contributed by atoms with Gasteiger partial charge < -0.3 is 14.4 Å². The highest BCUT2D eigenvalue weighted by Crippen LogP contribution is 2.11. The fourth-order valence-electron chi connectivity index (χ4n) is 1.38. The Morgan fingerprint density at radius 3 is 2.71 bits per heavy atom. The van der Waals surface area contributed by atoms with Crippen LogP contribution < -0.4 is 0 Å². The number of nitrogens with zero attached hydrogens (tertiary/aromatic N) is 1. The van der Waals surface area contributed by atoms with Crippen LogP contribution in [0.1, 0.15) is 23.2 Å². The van der Waals surface area contributed by atoms with E-state index in [1.165, 1.54) is 6.08 Å². The van der Waals surface area contributed by atoms with Crippen molar-refractivity contribution in [3.05, 3.63) is 36.3 Å². The smallest absolute Gasteiger partial charge is 0.323 e. The summed E-state index contributed by atoms with van der Waals surface area (Å²) in [5, 5.41) is 8.70. The van der Waals surface area contributed by atoms with Crippen molar-refractivity contribution in [2.24, 2.45) is 0 Å². The summed E-state index contributed by atoms with van der Waals surface area (Å²) in [6, 6.07) is 3.26. The summed E-state index contributed by atoms with van der Waals surface area (Å²) in [5.74, 6) is -0.651. The Kier molecular flexibility index (Phi) is 4.51. The van der Waals surface area contributed by atoms with Gasteiger partial charge in [0.1, 0.15) is 12.3 Å². The number of amides is 1. The van der Waals surface area contributed by atoms with E-state index in [0.29, 0.717) is 12.2 Å². The molecule has 1 aromatic rings. The predicted molar refractivity (Wildman–Crippen MR) is 61.8 cm³/mol. The van der Waals surface area contributed by atoms with E-state index >= 15 is 0 Å². The van der Waals surface area contributed by atoms with Crippen LogP contribution in [0.2, 0.25) is 0 Å². The molecule has 0 fully saturated rings. The highest BCUT2D eigenvalue weighted by atomic mass is 16.4. The molecule has 1 aromatic heterocycles. The van der Waals surface area contributed by atoms with Gasteiger partial charge in [-0.3, -0.25) is 9.59 Å². The van der Waals surface area contributed by atoms with Crippen molar-refractivity contribution in [2.45, 2.75) is 13.3 Å². The van der Waals surface area contributed by atoms with Gasteiger partial charge in [-0.15, -0.1) is 6.58 Å². The average molecular weight is 237 g/mol. The number of carbonyl (C=O) groups is 2. The number of hydrogen-bond acceptors (Lipinski definition) is 3. The maximum absolute atomic E-state index is 11.9. The molecule has 0 aliphatic carbocycles. The fourth-order valence-corrected chi connectivity index (χ4v) is 1.38. The van der Waals surface area contributed by atoms with Gasteiger partial charge in [-0.1, -0.05) is 13.0 Å². The number of furan rings is 1. The van der Waals surface area contributed by atoms with E-state index in [1.54, 1.807) is 12.1 Å². The molecule has 0 saturated heterocycles. The molecule has 17 heavy (non-hydrogen) atoms. The topological polar surface area (TPSA) is 70.8 Å². The van der Waals surface area contributed by atoms with E-state index in [4.69, 9.17) is 9.52 Å². The van der Waals surface area contributed by atoms with E-state index < -0.39 is 11.9 Å². The van der Waals surface area contributed by atoms with Gasteiger partial charge in [0.25, 0.3) is 5.91 Å². The SMILES string of the molecule is C=CCN(CC(=O)O)C(=O)c1ccc(CC)o1. The molecule has 5 nitrogen and oxygen atoms in total. The molecule has 0 radical (unpaired) electrons. The predicted octanol–water partition coefficient (Wildman–Crippen LogP) is 1.55. The monoisotopic (exact) mass is 237 g/mol. The van der Waals surface area contributed by atoms with Gasteiger partial charge >= 0.3 is 5.97 Å².